The van der Waals surface area contributed by atoms with E-state index in [1.165, 1.54) is 43.4 Å². The first-order chi connectivity index (χ1) is 19.2. The minimum Gasteiger partial charge on any atom is -0.493 e. The molecule has 0 radical (unpaired) electrons. The van der Waals surface area contributed by atoms with Crippen molar-refractivity contribution in [3.8, 4) is 11.5 Å². The van der Waals surface area contributed by atoms with E-state index in [-0.39, 0.29) is 24.7 Å². The molecule has 3 aromatic carbocycles. The normalized spacial score (nSPS) is 14.8. The first-order valence-electron chi connectivity index (χ1n) is 12.4. The molecule has 11 heteroatoms. The Morgan fingerprint density at radius 1 is 0.975 bits per heavy atom. The molecule has 9 nitrogen and oxygen atoms in total. The molecule has 1 aliphatic rings. The van der Waals surface area contributed by atoms with Gasteiger partial charge in [0.15, 0.2) is 16.6 Å². The summed E-state index contributed by atoms with van der Waals surface area (Å²) in [5.74, 6) is -0.693. The molecule has 1 atom stereocenters. The number of halogens is 1. The topological polar surface area (TPSA) is 97.4 Å². The number of amides is 2. The second kappa shape index (κ2) is 12.6. The van der Waals surface area contributed by atoms with Crippen molar-refractivity contribution >= 4 is 46.5 Å². The molecule has 1 saturated heterocycles. The van der Waals surface area contributed by atoms with Crippen molar-refractivity contribution < 1.29 is 33.0 Å². The lowest BCUT2D eigenvalue weighted by molar-refractivity contribution is -0.124. The number of nitrogens with one attached hydrogen (secondary N) is 1. The van der Waals surface area contributed by atoms with Crippen molar-refractivity contribution in [1.29, 1.82) is 0 Å². The molecule has 2 amide bonds. The monoisotopic (exact) mass is 565 g/mol. The van der Waals surface area contributed by atoms with Gasteiger partial charge in [-0.25, -0.2) is 9.18 Å². The number of thiocarbonyl (C=S) groups is 1. The van der Waals surface area contributed by atoms with E-state index in [2.05, 4.69) is 5.32 Å². The molecule has 1 unspecified atom stereocenters. The minimum absolute atomic E-state index is 0.197. The van der Waals surface area contributed by atoms with Crippen molar-refractivity contribution in [3.05, 3.63) is 83.7 Å². The van der Waals surface area contributed by atoms with E-state index < -0.39 is 29.6 Å². The fourth-order valence-electron chi connectivity index (χ4n) is 4.31. The SMILES string of the molecule is CCOC(=O)c1ccc(N2C(=O)C(CC(=O)Nc3ccc(F)cc3)N(Cc3ccc(OC)c(OC)c3)C2=S)cc1. The zero-order chi connectivity index (χ0) is 28.8. The molecule has 3 aromatic rings. The van der Waals surface area contributed by atoms with Gasteiger partial charge < -0.3 is 24.4 Å². The summed E-state index contributed by atoms with van der Waals surface area (Å²) in [4.78, 5) is 41.8. The van der Waals surface area contributed by atoms with E-state index in [0.717, 1.165) is 5.56 Å². The largest absolute Gasteiger partial charge is 0.493 e. The van der Waals surface area contributed by atoms with Gasteiger partial charge in [-0.3, -0.25) is 14.5 Å². The van der Waals surface area contributed by atoms with Crippen LogP contribution in [0.5, 0.6) is 11.5 Å². The van der Waals surface area contributed by atoms with Crippen LogP contribution in [0.4, 0.5) is 15.8 Å². The summed E-state index contributed by atoms with van der Waals surface area (Å²) in [5.41, 5.74) is 1.95. The Balaban J connectivity index is 1.62. The van der Waals surface area contributed by atoms with Crippen molar-refractivity contribution in [2.75, 3.05) is 31.0 Å². The fourth-order valence-corrected chi connectivity index (χ4v) is 4.70. The van der Waals surface area contributed by atoms with Gasteiger partial charge >= 0.3 is 5.97 Å². The molecule has 0 spiro atoms. The first kappa shape index (κ1) is 28.5. The van der Waals surface area contributed by atoms with Crippen LogP contribution in [-0.4, -0.2) is 54.7 Å². The fraction of sp³-hybridized carbons (Fsp3) is 0.241. The van der Waals surface area contributed by atoms with Gasteiger partial charge in [0.2, 0.25) is 5.91 Å². The first-order valence-corrected chi connectivity index (χ1v) is 12.8. The van der Waals surface area contributed by atoms with Crippen LogP contribution in [0.1, 0.15) is 29.3 Å². The number of carbonyl (C=O) groups excluding carboxylic acids is 3. The predicted molar refractivity (Wildman–Crippen MR) is 151 cm³/mol. The summed E-state index contributed by atoms with van der Waals surface area (Å²) in [5, 5.41) is 2.90. The Labute approximate surface area is 236 Å². The molecule has 208 valence electrons. The van der Waals surface area contributed by atoms with Gasteiger partial charge in [0.25, 0.3) is 5.91 Å². The molecule has 0 saturated carbocycles. The zero-order valence-electron chi connectivity index (χ0n) is 22.2. The summed E-state index contributed by atoms with van der Waals surface area (Å²) in [7, 11) is 3.06. The van der Waals surface area contributed by atoms with Crippen LogP contribution < -0.4 is 19.7 Å². The molecule has 1 heterocycles. The third kappa shape index (κ3) is 6.20. The summed E-state index contributed by atoms with van der Waals surface area (Å²) < 4.78 is 29.1. The smallest absolute Gasteiger partial charge is 0.338 e. The van der Waals surface area contributed by atoms with Crippen molar-refractivity contribution in [1.82, 2.24) is 4.90 Å². The van der Waals surface area contributed by atoms with Gasteiger partial charge in [0.1, 0.15) is 11.9 Å². The van der Waals surface area contributed by atoms with Crippen LogP contribution in [-0.2, 0) is 20.9 Å². The number of ether oxygens (including phenoxy) is 3. The number of methoxy groups -OCH3 is 2. The number of anilines is 2. The van der Waals surface area contributed by atoms with E-state index in [9.17, 15) is 18.8 Å². The maximum absolute atomic E-state index is 13.7. The van der Waals surface area contributed by atoms with Gasteiger partial charge in [-0.1, -0.05) is 6.07 Å². The van der Waals surface area contributed by atoms with Gasteiger partial charge in [-0.15, -0.1) is 0 Å². The number of rotatable bonds is 10. The summed E-state index contributed by atoms with van der Waals surface area (Å²) in [6.07, 6.45) is -0.207. The lowest BCUT2D eigenvalue weighted by Crippen LogP contribution is -2.37. The quantitative estimate of drug-likeness (QED) is 0.283. The van der Waals surface area contributed by atoms with Crippen LogP contribution in [0, 0.1) is 5.82 Å². The Morgan fingerprint density at radius 2 is 1.65 bits per heavy atom. The third-order valence-electron chi connectivity index (χ3n) is 6.26. The van der Waals surface area contributed by atoms with Crippen LogP contribution >= 0.6 is 12.2 Å². The average Bonchev–Trinajstić information content (AvgIpc) is 3.18. The lowest BCUT2D eigenvalue weighted by atomic mass is 10.1. The molecule has 4 rings (SSSR count). The van der Waals surface area contributed by atoms with E-state index in [1.807, 2.05) is 6.07 Å². The van der Waals surface area contributed by atoms with Crippen LogP contribution in [0.15, 0.2) is 66.7 Å². The molecule has 1 aliphatic heterocycles. The highest BCUT2D eigenvalue weighted by molar-refractivity contribution is 7.80. The highest BCUT2D eigenvalue weighted by Crippen LogP contribution is 2.32. The highest BCUT2D eigenvalue weighted by atomic mass is 32.1. The summed E-state index contributed by atoms with van der Waals surface area (Å²) in [6.45, 7) is 2.16. The second-order valence-corrected chi connectivity index (χ2v) is 9.18. The highest BCUT2D eigenvalue weighted by Gasteiger charge is 2.44. The molecule has 1 N–H and O–H groups in total. The minimum atomic E-state index is -0.925. The van der Waals surface area contributed by atoms with Gasteiger partial charge in [-0.2, -0.15) is 0 Å². The molecular formula is C29H28FN3O6S. The molecular weight excluding hydrogens is 537 g/mol. The van der Waals surface area contributed by atoms with Crippen molar-refractivity contribution in [2.24, 2.45) is 0 Å². The Morgan fingerprint density at radius 3 is 2.27 bits per heavy atom. The molecule has 0 aromatic heterocycles. The number of nitrogens with zero attached hydrogens (tertiary/aromatic N) is 2. The number of carbonyl (C=O) groups is 3. The van der Waals surface area contributed by atoms with Gasteiger partial charge in [-0.05, 0) is 85.4 Å². The van der Waals surface area contributed by atoms with E-state index in [0.29, 0.717) is 28.4 Å². The molecule has 1 fully saturated rings. The third-order valence-corrected chi connectivity index (χ3v) is 6.68. The Bertz CT molecular complexity index is 1410. The van der Waals surface area contributed by atoms with Gasteiger partial charge in [0, 0.05) is 12.2 Å². The number of benzene rings is 3. The average molecular weight is 566 g/mol. The molecule has 0 aliphatic carbocycles. The Hall–Kier alpha value is -4.51. The van der Waals surface area contributed by atoms with E-state index in [4.69, 9.17) is 26.4 Å². The van der Waals surface area contributed by atoms with E-state index in [1.54, 1.807) is 48.2 Å². The summed E-state index contributed by atoms with van der Waals surface area (Å²) >= 11 is 5.74. The van der Waals surface area contributed by atoms with Gasteiger partial charge in [0.05, 0.1) is 38.5 Å². The summed E-state index contributed by atoms with van der Waals surface area (Å²) in [6, 6.07) is 16.1. The lowest BCUT2D eigenvalue weighted by Gasteiger charge is -2.24. The number of hydrogen-bond donors (Lipinski definition) is 1. The standard InChI is InChI=1S/C29H28FN3O6S/c1-4-39-28(36)19-6-12-22(13-7-19)33-27(35)23(16-26(34)31-21-10-8-20(30)9-11-21)32(29(33)40)17-18-5-14-24(37-2)25(15-18)38-3/h5-15,23H,4,16-17H2,1-3H3,(H,31,34). The van der Waals surface area contributed by atoms with Crippen LogP contribution in [0.2, 0.25) is 0 Å². The van der Waals surface area contributed by atoms with E-state index >= 15 is 0 Å². The Kier molecular flexibility index (Phi) is 8.95. The number of hydrogen-bond acceptors (Lipinski definition) is 7. The molecule has 40 heavy (non-hydrogen) atoms. The molecule has 0 bridgehead atoms. The van der Waals surface area contributed by atoms with Crippen LogP contribution in [0.25, 0.3) is 0 Å². The van der Waals surface area contributed by atoms with Crippen molar-refractivity contribution in [2.45, 2.75) is 25.9 Å². The maximum atomic E-state index is 13.7. The van der Waals surface area contributed by atoms with Crippen molar-refractivity contribution in [3.63, 3.8) is 0 Å². The second-order valence-electron chi connectivity index (χ2n) is 8.82. The zero-order valence-corrected chi connectivity index (χ0v) is 23.0. The number of esters is 1. The maximum Gasteiger partial charge on any atom is 0.338 e. The predicted octanol–water partition coefficient (Wildman–Crippen LogP) is 4.55. The van der Waals surface area contributed by atoms with Crippen LogP contribution in [0.3, 0.4) is 0 Å².